The lowest BCUT2D eigenvalue weighted by molar-refractivity contribution is 0.224. The van der Waals surface area contributed by atoms with Crippen LogP contribution < -0.4 is 5.43 Å². The summed E-state index contributed by atoms with van der Waals surface area (Å²) >= 11 is 0. The first kappa shape index (κ1) is 16.0. The first-order chi connectivity index (χ1) is 12.3. The van der Waals surface area contributed by atoms with Gasteiger partial charge in [-0.15, -0.1) is 0 Å². The minimum atomic E-state index is -0.380. The zero-order chi connectivity index (χ0) is 17.1. The summed E-state index contributed by atoms with van der Waals surface area (Å²) in [5, 5.41) is 4.66. The van der Waals surface area contributed by atoms with Gasteiger partial charge in [-0.25, -0.2) is 0 Å². The Balaban J connectivity index is 1.73. The molecular formula is C20H18N4O. The van der Waals surface area contributed by atoms with Crippen molar-refractivity contribution in [1.29, 1.82) is 0 Å². The lowest BCUT2D eigenvalue weighted by Gasteiger charge is -2.39. The summed E-state index contributed by atoms with van der Waals surface area (Å²) < 4.78 is 5.35. The second kappa shape index (κ2) is 6.76. The molecule has 4 radical (unpaired) electrons. The molecule has 1 saturated carbocycles. The number of pyridine rings is 2. The van der Waals surface area contributed by atoms with E-state index in [1.165, 1.54) is 0 Å². The molecule has 5 nitrogen and oxygen atoms in total. The number of allylic oxidation sites excluding steroid dienone is 1. The number of nitrogens with zero attached hydrogens (tertiary/aromatic N) is 3. The molecule has 0 aromatic carbocycles. The Hall–Kier alpha value is -2.53. The fraction of sp³-hybridized carbons (Fsp3) is 0.150. The number of methoxy groups -OCH3 is 1. The molecule has 2 aromatic heterocycles. The van der Waals surface area contributed by atoms with Gasteiger partial charge in [0.15, 0.2) is 0 Å². The van der Waals surface area contributed by atoms with E-state index in [0.717, 1.165) is 35.3 Å². The van der Waals surface area contributed by atoms with Gasteiger partial charge >= 0.3 is 0 Å². The lowest BCUT2D eigenvalue weighted by Crippen LogP contribution is -2.40. The van der Waals surface area contributed by atoms with Gasteiger partial charge in [-0.3, -0.25) is 15.4 Å². The Morgan fingerprint density at radius 2 is 1.80 bits per heavy atom. The van der Waals surface area contributed by atoms with Crippen molar-refractivity contribution >= 4 is 11.4 Å². The van der Waals surface area contributed by atoms with Crippen LogP contribution in [0.1, 0.15) is 17.8 Å². The molecule has 1 fully saturated rings. The average molecular weight is 330 g/mol. The molecule has 2 aliphatic rings. The second-order valence-electron chi connectivity index (χ2n) is 5.95. The van der Waals surface area contributed by atoms with Crippen molar-refractivity contribution in [2.24, 2.45) is 10.5 Å². The van der Waals surface area contributed by atoms with E-state index in [4.69, 9.17) is 4.74 Å². The number of hydrogen-bond acceptors (Lipinski definition) is 5. The molecule has 25 heavy (non-hydrogen) atoms. The van der Waals surface area contributed by atoms with Gasteiger partial charge in [0.1, 0.15) is 6.10 Å². The van der Waals surface area contributed by atoms with Gasteiger partial charge in [0.05, 0.1) is 22.8 Å². The highest BCUT2D eigenvalue weighted by molar-refractivity contribution is 6.07. The first-order valence-electron chi connectivity index (χ1n) is 8.14. The van der Waals surface area contributed by atoms with Crippen molar-refractivity contribution in [2.45, 2.75) is 6.42 Å². The average Bonchev–Trinajstić information content (AvgIpc) is 2.70. The molecule has 0 bridgehead atoms. The summed E-state index contributed by atoms with van der Waals surface area (Å²) in [4.78, 5) is 8.92. The zero-order valence-corrected chi connectivity index (χ0v) is 13.9. The van der Waals surface area contributed by atoms with Gasteiger partial charge < -0.3 is 4.74 Å². The zero-order valence-electron chi connectivity index (χ0n) is 13.9. The van der Waals surface area contributed by atoms with Gasteiger partial charge in [-0.2, -0.15) is 5.10 Å². The molecule has 124 valence electrons. The van der Waals surface area contributed by atoms with Gasteiger partial charge in [-0.05, 0) is 49.6 Å². The van der Waals surface area contributed by atoms with Crippen LogP contribution in [0.3, 0.4) is 0 Å². The van der Waals surface area contributed by atoms with Crippen LogP contribution in [0.25, 0.3) is 5.70 Å². The lowest BCUT2D eigenvalue weighted by atomic mass is 9.68. The van der Waals surface area contributed by atoms with Crippen molar-refractivity contribution in [3.05, 3.63) is 91.6 Å². The SMILES string of the molecule is CO[C]1[CH][CH]C2(C=C(c3ccccn3)NN=C2c2ccccn2)C[CH]1. The Kier molecular flexibility index (Phi) is 4.32. The fourth-order valence-electron chi connectivity index (χ4n) is 3.10. The van der Waals surface area contributed by atoms with Gasteiger partial charge in [-0.1, -0.05) is 12.1 Å². The molecule has 1 spiro atoms. The highest BCUT2D eigenvalue weighted by Crippen LogP contribution is 2.44. The molecule has 1 atom stereocenters. The van der Waals surface area contributed by atoms with Gasteiger partial charge in [0, 0.05) is 31.3 Å². The van der Waals surface area contributed by atoms with Gasteiger partial charge in [0.25, 0.3) is 0 Å². The molecule has 1 N–H and O–H groups in total. The number of hydrogen-bond donors (Lipinski definition) is 1. The molecule has 1 unspecified atom stereocenters. The standard InChI is InChI=1S/C20H18N4O/c1-25-15-8-10-20(11-9-15)14-18(16-6-2-4-12-21-16)23-24-19(20)17-7-3-5-13-22-17/h2-10,12-14,23H,11H2,1H3. The van der Waals surface area contributed by atoms with E-state index in [1.807, 2.05) is 42.8 Å². The summed E-state index contributed by atoms with van der Waals surface area (Å²) in [7, 11) is 1.68. The van der Waals surface area contributed by atoms with E-state index in [1.54, 1.807) is 19.5 Å². The van der Waals surface area contributed by atoms with Crippen LogP contribution in [0.5, 0.6) is 0 Å². The molecule has 2 aromatic rings. The van der Waals surface area contributed by atoms with Crippen LogP contribution >= 0.6 is 0 Å². The highest BCUT2D eigenvalue weighted by Gasteiger charge is 2.42. The maximum Gasteiger partial charge on any atom is 0.104 e. The fourth-order valence-corrected chi connectivity index (χ4v) is 3.10. The number of aromatic nitrogens is 2. The third-order valence-electron chi connectivity index (χ3n) is 4.40. The number of rotatable bonds is 3. The van der Waals surface area contributed by atoms with Crippen molar-refractivity contribution < 1.29 is 4.74 Å². The van der Waals surface area contributed by atoms with Crippen LogP contribution in [-0.4, -0.2) is 22.8 Å². The highest BCUT2D eigenvalue weighted by atomic mass is 16.5. The summed E-state index contributed by atoms with van der Waals surface area (Å²) in [5.41, 5.74) is 6.25. The third-order valence-corrected chi connectivity index (χ3v) is 4.40. The predicted octanol–water partition coefficient (Wildman–Crippen LogP) is 3.01. The van der Waals surface area contributed by atoms with Crippen LogP contribution in [0, 0.1) is 30.8 Å². The molecule has 0 saturated heterocycles. The minimum absolute atomic E-state index is 0.380. The van der Waals surface area contributed by atoms with Crippen molar-refractivity contribution in [2.75, 3.05) is 7.11 Å². The Bertz CT molecular complexity index is 778. The van der Waals surface area contributed by atoms with Crippen LogP contribution in [0.4, 0.5) is 0 Å². The van der Waals surface area contributed by atoms with E-state index in [9.17, 15) is 0 Å². The monoisotopic (exact) mass is 330 g/mol. The Morgan fingerprint density at radius 1 is 1.04 bits per heavy atom. The topological polar surface area (TPSA) is 59.4 Å². The summed E-state index contributed by atoms with van der Waals surface area (Å²) in [5.74, 6) is 0. The molecule has 3 heterocycles. The van der Waals surface area contributed by atoms with Crippen LogP contribution in [0.15, 0.2) is 60.0 Å². The summed E-state index contributed by atoms with van der Waals surface area (Å²) in [6, 6.07) is 11.7. The normalized spacial score (nSPS) is 19.9. The Labute approximate surface area is 147 Å². The molecule has 0 amide bonds. The third kappa shape index (κ3) is 3.07. The molecule has 1 aliphatic heterocycles. The second-order valence-corrected chi connectivity index (χ2v) is 5.95. The Morgan fingerprint density at radius 3 is 2.40 bits per heavy atom. The van der Waals surface area contributed by atoms with Gasteiger partial charge in [0.2, 0.25) is 0 Å². The van der Waals surface area contributed by atoms with Crippen LogP contribution in [0.2, 0.25) is 0 Å². The van der Waals surface area contributed by atoms with E-state index >= 15 is 0 Å². The number of nitrogens with one attached hydrogen (secondary N) is 1. The number of ether oxygens (including phenoxy) is 1. The predicted molar refractivity (Wildman–Crippen MR) is 96.3 cm³/mol. The minimum Gasteiger partial charge on any atom is -0.375 e. The maximum absolute atomic E-state index is 5.35. The quantitative estimate of drug-likeness (QED) is 0.940. The molecule has 4 rings (SSSR count). The van der Waals surface area contributed by atoms with E-state index in [-0.39, 0.29) is 5.41 Å². The van der Waals surface area contributed by atoms with Crippen LogP contribution in [-0.2, 0) is 4.74 Å². The smallest absolute Gasteiger partial charge is 0.104 e. The van der Waals surface area contributed by atoms with E-state index in [0.29, 0.717) is 0 Å². The molecule has 1 aliphatic carbocycles. The van der Waals surface area contributed by atoms with Crippen molar-refractivity contribution in [1.82, 2.24) is 15.4 Å². The van der Waals surface area contributed by atoms with Crippen molar-refractivity contribution in [3.8, 4) is 0 Å². The summed E-state index contributed by atoms with van der Waals surface area (Å²) in [6.07, 6.45) is 13.5. The van der Waals surface area contributed by atoms with E-state index < -0.39 is 0 Å². The maximum atomic E-state index is 5.35. The summed E-state index contributed by atoms with van der Waals surface area (Å²) in [6.45, 7) is 0. The van der Waals surface area contributed by atoms with Crippen molar-refractivity contribution in [3.63, 3.8) is 0 Å². The first-order valence-corrected chi connectivity index (χ1v) is 8.14. The molecular weight excluding hydrogens is 312 g/mol. The van der Waals surface area contributed by atoms with E-state index in [2.05, 4.69) is 39.4 Å². The molecule has 5 heteroatoms. The number of hydrazone groups is 1. The largest absolute Gasteiger partial charge is 0.375 e.